The number of nitrogens with one attached hydrogen (secondary N) is 1. The van der Waals surface area contributed by atoms with E-state index in [1.54, 1.807) is 18.2 Å². The summed E-state index contributed by atoms with van der Waals surface area (Å²) in [4.78, 5) is 0.104. The molecule has 0 bridgehead atoms. The Bertz CT molecular complexity index is 534. The van der Waals surface area contributed by atoms with Gasteiger partial charge in [-0.3, -0.25) is 0 Å². The van der Waals surface area contributed by atoms with Gasteiger partial charge < -0.3 is 9.84 Å². The molecular weight excluding hydrogens is 278 g/mol. The third-order valence-electron chi connectivity index (χ3n) is 3.07. The lowest BCUT2D eigenvalue weighted by atomic mass is 9.87. The van der Waals surface area contributed by atoms with Gasteiger partial charge in [0.1, 0.15) is 10.6 Å². The van der Waals surface area contributed by atoms with Crippen LogP contribution in [0.5, 0.6) is 5.75 Å². The van der Waals surface area contributed by atoms with Crippen LogP contribution in [0.3, 0.4) is 0 Å². The Morgan fingerprint density at radius 3 is 2.45 bits per heavy atom. The number of aliphatic hydroxyl groups is 1. The van der Waals surface area contributed by atoms with Crippen LogP contribution < -0.4 is 9.46 Å². The van der Waals surface area contributed by atoms with Crippen LogP contribution in [-0.2, 0) is 10.0 Å². The van der Waals surface area contributed by atoms with E-state index in [0.29, 0.717) is 12.2 Å². The predicted molar refractivity (Wildman–Crippen MR) is 78.3 cm³/mol. The second kappa shape index (κ2) is 6.56. The molecule has 0 saturated heterocycles. The van der Waals surface area contributed by atoms with E-state index in [1.807, 2.05) is 20.8 Å². The van der Waals surface area contributed by atoms with E-state index >= 15 is 0 Å². The Hall–Kier alpha value is -1.11. The molecule has 0 aliphatic rings. The van der Waals surface area contributed by atoms with Crippen molar-refractivity contribution in [2.24, 2.45) is 5.41 Å². The molecular formula is C14H23NO4S. The normalized spacial score (nSPS) is 14.1. The van der Waals surface area contributed by atoms with Gasteiger partial charge in [0.25, 0.3) is 0 Å². The third-order valence-corrected chi connectivity index (χ3v) is 4.57. The maximum Gasteiger partial charge on any atom is 0.244 e. The van der Waals surface area contributed by atoms with Crippen LogP contribution in [0.15, 0.2) is 29.2 Å². The van der Waals surface area contributed by atoms with Crippen molar-refractivity contribution < 1.29 is 18.3 Å². The van der Waals surface area contributed by atoms with Crippen molar-refractivity contribution in [1.29, 1.82) is 0 Å². The van der Waals surface area contributed by atoms with Gasteiger partial charge in [-0.15, -0.1) is 0 Å². The van der Waals surface area contributed by atoms with E-state index in [2.05, 4.69) is 4.72 Å². The molecule has 0 aliphatic carbocycles. The Balaban J connectivity index is 2.72. The van der Waals surface area contributed by atoms with Crippen molar-refractivity contribution >= 4 is 10.0 Å². The quantitative estimate of drug-likeness (QED) is 0.839. The number of aliphatic hydroxyl groups excluding tert-OH is 1. The Labute approximate surface area is 121 Å². The van der Waals surface area contributed by atoms with Gasteiger partial charge >= 0.3 is 0 Å². The minimum Gasteiger partial charge on any atom is -0.495 e. The van der Waals surface area contributed by atoms with E-state index in [1.165, 1.54) is 13.2 Å². The SMILES string of the molecule is COc1ccccc1S(=O)(=O)NCCC(O)C(C)(C)C. The lowest BCUT2D eigenvalue weighted by Gasteiger charge is -2.25. The number of benzene rings is 1. The fourth-order valence-corrected chi connectivity index (χ4v) is 2.90. The zero-order chi connectivity index (χ0) is 15.4. The van der Waals surface area contributed by atoms with Gasteiger partial charge in [-0.2, -0.15) is 0 Å². The Kier molecular flexibility index (Phi) is 5.56. The van der Waals surface area contributed by atoms with Gasteiger partial charge in [0.2, 0.25) is 10.0 Å². The standard InChI is InChI=1S/C14H23NO4S/c1-14(2,3)13(16)9-10-15-20(17,18)12-8-6-5-7-11(12)19-4/h5-8,13,15-16H,9-10H2,1-4H3. The van der Waals surface area contributed by atoms with Gasteiger partial charge in [0.15, 0.2) is 0 Å². The van der Waals surface area contributed by atoms with Crippen molar-refractivity contribution in [2.75, 3.05) is 13.7 Å². The molecule has 0 heterocycles. The molecule has 0 aromatic heterocycles. The summed E-state index contributed by atoms with van der Waals surface area (Å²) in [5, 5.41) is 9.89. The minimum absolute atomic E-state index is 0.104. The van der Waals surface area contributed by atoms with Crippen molar-refractivity contribution in [3.8, 4) is 5.75 Å². The minimum atomic E-state index is -3.63. The largest absolute Gasteiger partial charge is 0.495 e. The summed E-state index contributed by atoms with van der Waals surface area (Å²) in [6.45, 7) is 5.91. The van der Waals surface area contributed by atoms with Crippen LogP contribution in [0.2, 0.25) is 0 Å². The van der Waals surface area contributed by atoms with E-state index in [0.717, 1.165) is 0 Å². The first-order valence-electron chi connectivity index (χ1n) is 6.49. The molecule has 1 unspecified atom stereocenters. The van der Waals surface area contributed by atoms with E-state index < -0.39 is 16.1 Å². The van der Waals surface area contributed by atoms with Crippen LogP contribution in [0.1, 0.15) is 27.2 Å². The summed E-state index contributed by atoms with van der Waals surface area (Å²) in [6, 6.07) is 6.43. The second-order valence-corrected chi connectivity index (χ2v) is 7.45. The van der Waals surface area contributed by atoms with E-state index in [9.17, 15) is 13.5 Å². The van der Waals surface area contributed by atoms with Gasteiger partial charge in [-0.1, -0.05) is 32.9 Å². The van der Waals surface area contributed by atoms with Crippen molar-refractivity contribution in [3.63, 3.8) is 0 Å². The van der Waals surface area contributed by atoms with Crippen LogP contribution in [0, 0.1) is 5.41 Å². The fourth-order valence-electron chi connectivity index (χ4n) is 1.68. The summed E-state index contributed by atoms with van der Waals surface area (Å²) in [5.41, 5.74) is -0.268. The number of methoxy groups -OCH3 is 1. The zero-order valence-corrected chi connectivity index (χ0v) is 13.2. The number of ether oxygens (including phenoxy) is 1. The molecule has 0 amide bonds. The fraction of sp³-hybridized carbons (Fsp3) is 0.571. The first-order valence-corrected chi connectivity index (χ1v) is 7.97. The lowest BCUT2D eigenvalue weighted by molar-refractivity contribution is 0.0571. The molecule has 6 heteroatoms. The van der Waals surface area contributed by atoms with Gasteiger partial charge in [0.05, 0.1) is 13.2 Å². The number of hydrogen-bond acceptors (Lipinski definition) is 4. The average molecular weight is 301 g/mol. The molecule has 0 spiro atoms. The first kappa shape index (κ1) is 16.9. The summed E-state index contributed by atoms with van der Waals surface area (Å²) in [6.07, 6.45) is -0.208. The molecule has 20 heavy (non-hydrogen) atoms. The number of para-hydroxylation sites is 1. The molecule has 1 aromatic carbocycles. The van der Waals surface area contributed by atoms with Crippen LogP contribution in [0.25, 0.3) is 0 Å². The highest BCUT2D eigenvalue weighted by molar-refractivity contribution is 7.89. The van der Waals surface area contributed by atoms with Crippen molar-refractivity contribution in [3.05, 3.63) is 24.3 Å². The molecule has 2 N–H and O–H groups in total. The summed E-state index contributed by atoms with van der Waals surface area (Å²) in [5.74, 6) is 0.302. The lowest BCUT2D eigenvalue weighted by Crippen LogP contribution is -2.32. The third kappa shape index (κ3) is 4.47. The Morgan fingerprint density at radius 2 is 1.90 bits per heavy atom. The molecule has 1 rings (SSSR count). The topological polar surface area (TPSA) is 75.6 Å². The number of hydrogen-bond donors (Lipinski definition) is 2. The molecule has 0 saturated carbocycles. The van der Waals surface area contributed by atoms with Crippen molar-refractivity contribution in [2.45, 2.75) is 38.2 Å². The first-order chi connectivity index (χ1) is 9.18. The molecule has 1 aromatic rings. The van der Waals surface area contributed by atoms with Crippen LogP contribution in [-0.4, -0.2) is 33.3 Å². The molecule has 114 valence electrons. The smallest absolute Gasteiger partial charge is 0.244 e. The van der Waals surface area contributed by atoms with Gasteiger partial charge in [-0.25, -0.2) is 13.1 Å². The van der Waals surface area contributed by atoms with Crippen LogP contribution in [0.4, 0.5) is 0 Å². The number of sulfonamides is 1. The Morgan fingerprint density at radius 1 is 1.30 bits per heavy atom. The molecule has 5 nitrogen and oxygen atoms in total. The summed E-state index contributed by atoms with van der Waals surface area (Å²) in [7, 11) is -2.20. The molecule has 0 fully saturated rings. The maximum atomic E-state index is 12.2. The monoisotopic (exact) mass is 301 g/mol. The molecule has 1 atom stereocenters. The highest BCUT2D eigenvalue weighted by atomic mass is 32.2. The summed E-state index contributed by atoms with van der Waals surface area (Å²) >= 11 is 0. The highest BCUT2D eigenvalue weighted by Gasteiger charge is 2.23. The van der Waals surface area contributed by atoms with Gasteiger partial charge in [0, 0.05) is 6.54 Å². The number of rotatable bonds is 6. The average Bonchev–Trinajstić information content (AvgIpc) is 2.37. The molecule has 0 radical (unpaired) electrons. The summed E-state index contributed by atoms with van der Waals surface area (Å²) < 4.78 is 31.9. The maximum absolute atomic E-state index is 12.2. The van der Waals surface area contributed by atoms with E-state index in [-0.39, 0.29) is 16.9 Å². The molecule has 0 aliphatic heterocycles. The predicted octanol–water partition coefficient (Wildman–Crippen LogP) is 1.77. The van der Waals surface area contributed by atoms with E-state index in [4.69, 9.17) is 4.74 Å². The zero-order valence-electron chi connectivity index (χ0n) is 12.4. The van der Waals surface area contributed by atoms with Crippen LogP contribution >= 0.6 is 0 Å². The highest BCUT2D eigenvalue weighted by Crippen LogP contribution is 2.23. The second-order valence-electron chi connectivity index (χ2n) is 5.72. The van der Waals surface area contributed by atoms with Gasteiger partial charge in [-0.05, 0) is 24.0 Å². The van der Waals surface area contributed by atoms with Crippen molar-refractivity contribution in [1.82, 2.24) is 4.72 Å².